The largest absolute Gasteiger partial charge is 0.376 e. The molecule has 2 aliphatic heterocycles. The van der Waals surface area contributed by atoms with Crippen LogP contribution in [0.2, 0.25) is 0 Å². The fourth-order valence-corrected chi connectivity index (χ4v) is 8.04. The summed E-state index contributed by atoms with van der Waals surface area (Å²) in [4.78, 5) is 15.0. The molecule has 0 bridgehead atoms. The lowest BCUT2D eigenvalue weighted by Crippen LogP contribution is -2.66. The van der Waals surface area contributed by atoms with Gasteiger partial charge in [0, 0.05) is 49.1 Å². The van der Waals surface area contributed by atoms with Crippen LogP contribution < -0.4 is 21.3 Å². The predicted molar refractivity (Wildman–Crippen MR) is 163 cm³/mol. The van der Waals surface area contributed by atoms with Gasteiger partial charge in [-0.2, -0.15) is 5.26 Å². The maximum atomic E-state index is 12.9. The molecule has 0 radical (unpaired) electrons. The summed E-state index contributed by atoms with van der Waals surface area (Å²) >= 11 is 13.2. The molecule has 0 aromatic carbocycles. The molecule has 4 N–H and O–H groups in total. The van der Waals surface area contributed by atoms with E-state index in [1.807, 2.05) is 21.0 Å². The van der Waals surface area contributed by atoms with Gasteiger partial charge in [-0.25, -0.2) is 0 Å². The Kier molecular flexibility index (Phi) is 13.3. The van der Waals surface area contributed by atoms with Crippen molar-refractivity contribution >= 4 is 29.1 Å². The summed E-state index contributed by atoms with van der Waals surface area (Å²) in [7, 11) is 4.05. The number of piperidine rings is 2. The van der Waals surface area contributed by atoms with Gasteiger partial charge in [0.05, 0.1) is 42.2 Å². The molecule has 2 saturated heterocycles. The number of hydrogen-bond donors (Lipinski definition) is 4. The number of fused-ring (bicyclic) bond motifs is 1. The van der Waals surface area contributed by atoms with E-state index in [2.05, 4.69) is 32.2 Å². The number of hydrogen-bond acceptors (Lipinski definition) is 8. The van der Waals surface area contributed by atoms with Crippen LogP contribution >= 0.6 is 23.2 Å². The molecular weight excluding hydrogens is 563 g/mol. The Hall–Kier alpha value is -0.700. The van der Waals surface area contributed by atoms with Gasteiger partial charge in [0.2, 0.25) is 5.91 Å². The van der Waals surface area contributed by atoms with Crippen LogP contribution in [-0.2, 0) is 14.3 Å². The molecule has 11 unspecified atom stereocenters. The summed E-state index contributed by atoms with van der Waals surface area (Å²) in [5.41, 5.74) is 0. The maximum Gasteiger partial charge on any atom is 0.220 e. The van der Waals surface area contributed by atoms with Crippen LogP contribution in [0.4, 0.5) is 0 Å². The molecule has 2 saturated carbocycles. The fourth-order valence-electron chi connectivity index (χ4n) is 7.30. The lowest BCUT2D eigenvalue weighted by Gasteiger charge is -2.50. The quantitative estimate of drug-likeness (QED) is 0.248. The minimum atomic E-state index is -0.139. The van der Waals surface area contributed by atoms with Gasteiger partial charge in [0.25, 0.3) is 0 Å². The van der Waals surface area contributed by atoms with Gasteiger partial charge >= 0.3 is 0 Å². The predicted octanol–water partition coefficient (Wildman–Crippen LogP) is 2.60. The van der Waals surface area contributed by atoms with Crippen molar-refractivity contribution in [2.45, 2.75) is 118 Å². The van der Waals surface area contributed by atoms with Crippen LogP contribution in [-0.4, -0.2) is 111 Å². The normalized spacial score (nSPS) is 39.6. The number of carbonyl (C=O) groups excluding carboxylic acids is 1. The van der Waals surface area contributed by atoms with Crippen molar-refractivity contribution in [1.29, 1.82) is 5.26 Å². The number of carbonyl (C=O) groups is 1. The molecule has 9 nitrogen and oxygen atoms in total. The zero-order chi connectivity index (χ0) is 29.4. The van der Waals surface area contributed by atoms with E-state index in [-0.39, 0.29) is 64.9 Å². The van der Waals surface area contributed by atoms with Crippen LogP contribution in [0.1, 0.15) is 64.7 Å². The van der Waals surface area contributed by atoms with E-state index in [4.69, 9.17) is 32.7 Å². The average molecular weight is 616 g/mol. The number of rotatable bonds is 12. The molecule has 0 aromatic rings. The van der Waals surface area contributed by atoms with Crippen molar-refractivity contribution in [1.82, 2.24) is 26.2 Å². The van der Waals surface area contributed by atoms with E-state index in [0.717, 1.165) is 64.5 Å². The Morgan fingerprint density at radius 2 is 1.90 bits per heavy atom. The Labute approximate surface area is 257 Å². The highest BCUT2D eigenvalue weighted by Crippen LogP contribution is 2.36. The van der Waals surface area contributed by atoms with Crippen LogP contribution in [0.5, 0.6) is 0 Å². The standard InChI is InChI=1S/C30H52Cl2N6O3/c1-4-40-28-15-25-23(14-26(28)37-29(39)6-5-11-38(2)3)30(19(16-33)17-35-25)36-21-7-8-27(24(32)13-21)41-18-22-12-20(31)9-10-34-22/h19-28,30,34-36H,4-15,17-18H2,1-3H3,(H,37,39). The molecule has 41 heavy (non-hydrogen) atoms. The average Bonchev–Trinajstić information content (AvgIpc) is 2.93. The van der Waals surface area contributed by atoms with Crippen molar-refractivity contribution in [2.75, 3.05) is 46.9 Å². The number of halogens is 2. The zero-order valence-electron chi connectivity index (χ0n) is 25.1. The van der Waals surface area contributed by atoms with Crippen LogP contribution in [0, 0.1) is 23.2 Å². The second-order valence-electron chi connectivity index (χ2n) is 12.8. The molecule has 0 spiro atoms. The smallest absolute Gasteiger partial charge is 0.220 e. The first-order chi connectivity index (χ1) is 19.8. The third-order valence-electron chi connectivity index (χ3n) is 9.46. The first-order valence-corrected chi connectivity index (χ1v) is 16.7. The molecule has 11 atom stereocenters. The van der Waals surface area contributed by atoms with Crippen molar-refractivity contribution in [3.05, 3.63) is 0 Å². The second kappa shape index (κ2) is 16.4. The summed E-state index contributed by atoms with van der Waals surface area (Å²) in [6.07, 6.45) is 7.58. The molecule has 4 rings (SSSR count). The molecule has 11 heteroatoms. The van der Waals surface area contributed by atoms with E-state index in [1.165, 1.54) is 0 Å². The third kappa shape index (κ3) is 9.64. The van der Waals surface area contributed by atoms with E-state index in [9.17, 15) is 10.1 Å². The molecule has 234 valence electrons. The number of alkyl halides is 2. The molecule has 4 fully saturated rings. The zero-order valence-corrected chi connectivity index (χ0v) is 26.6. The van der Waals surface area contributed by atoms with Crippen molar-refractivity contribution in [3.8, 4) is 6.07 Å². The number of nitriles is 1. The Bertz CT molecular complexity index is 863. The van der Waals surface area contributed by atoms with E-state index in [0.29, 0.717) is 32.2 Å². The first kappa shape index (κ1) is 33.2. The first-order valence-electron chi connectivity index (χ1n) is 15.8. The lowest BCUT2D eigenvalue weighted by atomic mass is 9.69. The summed E-state index contributed by atoms with van der Waals surface area (Å²) in [6, 6.07) is 3.32. The number of nitrogens with one attached hydrogen (secondary N) is 4. The highest BCUT2D eigenvalue weighted by Gasteiger charge is 2.47. The third-order valence-corrected chi connectivity index (χ3v) is 10.3. The van der Waals surface area contributed by atoms with E-state index >= 15 is 0 Å². The van der Waals surface area contributed by atoms with Crippen molar-refractivity contribution in [3.63, 3.8) is 0 Å². The van der Waals surface area contributed by atoms with Gasteiger partial charge in [-0.1, -0.05) is 0 Å². The summed E-state index contributed by atoms with van der Waals surface area (Å²) in [5.74, 6) is 0.166. The number of ether oxygens (including phenoxy) is 2. The van der Waals surface area contributed by atoms with Gasteiger partial charge in [0.1, 0.15) is 0 Å². The van der Waals surface area contributed by atoms with Gasteiger partial charge < -0.3 is 35.6 Å². The van der Waals surface area contributed by atoms with Gasteiger partial charge in [-0.15, -0.1) is 23.2 Å². The summed E-state index contributed by atoms with van der Waals surface area (Å²) < 4.78 is 12.4. The van der Waals surface area contributed by atoms with E-state index in [1.54, 1.807) is 0 Å². The Morgan fingerprint density at radius 1 is 1.07 bits per heavy atom. The van der Waals surface area contributed by atoms with Crippen LogP contribution in [0.15, 0.2) is 0 Å². The molecule has 4 aliphatic rings. The van der Waals surface area contributed by atoms with Gasteiger partial charge in [0.15, 0.2) is 0 Å². The molecule has 0 aromatic heterocycles. The van der Waals surface area contributed by atoms with E-state index < -0.39 is 0 Å². The number of nitrogens with zero attached hydrogens (tertiary/aromatic N) is 2. The van der Waals surface area contributed by atoms with Crippen LogP contribution in [0.3, 0.4) is 0 Å². The summed E-state index contributed by atoms with van der Waals surface area (Å²) in [6.45, 7) is 5.76. The van der Waals surface area contributed by atoms with Crippen molar-refractivity contribution in [2.24, 2.45) is 11.8 Å². The lowest BCUT2D eigenvalue weighted by molar-refractivity contribution is -0.124. The van der Waals surface area contributed by atoms with Crippen LogP contribution in [0.25, 0.3) is 0 Å². The molecular formula is C30H52Cl2N6O3. The SMILES string of the molecule is CCOC1CC2NCC(C#N)C(NC3CCC(OCC4CC(Cl)CCN4)C(Cl)C3)C2CC1NC(=O)CCCN(C)C. The minimum Gasteiger partial charge on any atom is -0.376 e. The highest BCUT2D eigenvalue weighted by atomic mass is 35.5. The van der Waals surface area contributed by atoms with Gasteiger partial charge in [-0.05, 0) is 91.4 Å². The highest BCUT2D eigenvalue weighted by molar-refractivity contribution is 6.21. The molecule has 2 heterocycles. The number of amides is 1. The molecule has 2 aliphatic carbocycles. The molecule has 1 amide bonds. The van der Waals surface area contributed by atoms with Gasteiger partial charge in [-0.3, -0.25) is 4.79 Å². The Balaban J connectivity index is 1.34. The minimum absolute atomic E-state index is 0.0293. The van der Waals surface area contributed by atoms with Crippen molar-refractivity contribution < 1.29 is 14.3 Å². The topological polar surface area (TPSA) is 111 Å². The Morgan fingerprint density at radius 3 is 2.61 bits per heavy atom. The second-order valence-corrected chi connectivity index (χ2v) is 14.0. The summed E-state index contributed by atoms with van der Waals surface area (Å²) in [5, 5.41) is 24.6. The maximum absolute atomic E-state index is 12.9. The fraction of sp³-hybridized carbons (Fsp3) is 0.933. The monoisotopic (exact) mass is 614 g/mol.